The summed E-state index contributed by atoms with van der Waals surface area (Å²) in [5, 5.41) is 0. The van der Waals surface area contributed by atoms with Gasteiger partial charge in [0.25, 0.3) is 0 Å². The maximum atomic E-state index is 10.2. The Bertz CT molecular complexity index is 320. The molecule has 0 N–H and O–H groups in total. The Labute approximate surface area is 138 Å². The van der Waals surface area contributed by atoms with Crippen molar-refractivity contribution in [1.82, 2.24) is 0 Å². The third kappa shape index (κ3) is 6.08. The zero-order valence-corrected chi connectivity index (χ0v) is 14.4. The predicted octanol–water partition coefficient (Wildman–Crippen LogP) is 5.30. The molecule has 0 spiro atoms. The Balaban J connectivity index is 1.49. The Morgan fingerprint density at radius 3 is 2.52 bits per heavy atom. The molecular weight excluding hydrogens is 307 g/mol. The lowest BCUT2D eigenvalue weighted by molar-refractivity contribution is -0.107. The third-order valence-electron chi connectivity index (χ3n) is 5.06. The molecule has 4 heteroatoms. The SMILES string of the molecule is O=CCCCCCC(Cl)(Cl)CCCOC1CC2CCC1C2. The summed E-state index contributed by atoms with van der Waals surface area (Å²) in [6.07, 6.45) is 13.1. The van der Waals surface area contributed by atoms with Gasteiger partial charge < -0.3 is 9.53 Å². The first kappa shape index (κ1) is 17.6. The largest absolute Gasteiger partial charge is 0.378 e. The van der Waals surface area contributed by atoms with Crippen LogP contribution in [0.5, 0.6) is 0 Å². The average Bonchev–Trinajstić information content (AvgIpc) is 3.06. The summed E-state index contributed by atoms with van der Waals surface area (Å²) < 4.78 is 5.41. The summed E-state index contributed by atoms with van der Waals surface area (Å²) in [6.45, 7) is 0.792. The number of carbonyl (C=O) groups excluding carboxylic acids is 1. The number of fused-ring (bicyclic) bond motifs is 2. The minimum absolute atomic E-state index is 0.507. The molecule has 2 bridgehead atoms. The monoisotopic (exact) mass is 334 g/mol. The van der Waals surface area contributed by atoms with Crippen molar-refractivity contribution >= 4 is 29.5 Å². The highest BCUT2D eigenvalue weighted by Crippen LogP contribution is 2.46. The highest BCUT2D eigenvalue weighted by Gasteiger charge is 2.40. The van der Waals surface area contributed by atoms with Crippen molar-refractivity contribution in [2.24, 2.45) is 11.8 Å². The molecule has 2 saturated carbocycles. The maximum Gasteiger partial charge on any atom is 0.119 e. The van der Waals surface area contributed by atoms with Gasteiger partial charge in [-0.2, -0.15) is 0 Å². The summed E-state index contributed by atoms with van der Waals surface area (Å²) in [7, 11) is 0. The zero-order valence-electron chi connectivity index (χ0n) is 12.9. The molecule has 0 radical (unpaired) electrons. The van der Waals surface area contributed by atoms with E-state index in [1.54, 1.807) is 0 Å². The molecule has 0 saturated heterocycles. The molecule has 0 aromatic carbocycles. The normalized spacial score (nSPS) is 28.2. The molecule has 21 heavy (non-hydrogen) atoms. The number of unbranched alkanes of at least 4 members (excludes halogenated alkanes) is 3. The molecule has 3 unspecified atom stereocenters. The first-order chi connectivity index (χ1) is 10.1. The molecule has 0 amide bonds. The highest BCUT2D eigenvalue weighted by molar-refractivity contribution is 6.48. The van der Waals surface area contributed by atoms with Crippen LogP contribution in [0.2, 0.25) is 0 Å². The van der Waals surface area contributed by atoms with Crippen molar-refractivity contribution in [1.29, 1.82) is 0 Å². The van der Waals surface area contributed by atoms with Crippen molar-refractivity contribution in [3.05, 3.63) is 0 Å². The van der Waals surface area contributed by atoms with Crippen LogP contribution in [0.4, 0.5) is 0 Å². The Kier molecular flexibility index (Phi) is 7.31. The van der Waals surface area contributed by atoms with E-state index in [1.165, 1.54) is 25.7 Å². The maximum absolute atomic E-state index is 10.2. The second kappa shape index (κ2) is 8.74. The lowest BCUT2D eigenvalue weighted by Crippen LogP contribution is -2.22. The topological polar surface area (TPSA) is 26.3 Å². The van der Waals surface area contributed by atoms with E-state index >= 15 is 0 Å². The van der Waals surface area contributed by atoms with Gasteiger partial charge in [0.1, 0.15) is 10.6 Å². The number of aldehydes is 1. The van der Waals surface area contributed by atoms with E-state index in [1.807, 2.05) is 0 Å². The van der Waals surface area contributed by atoms with Crippen molar-refractivity contribution in [3.8, 4) is 0 Å². The van der Waals surface area contributed by atoms with Crippen LogP contribution >= 0.6 is 23.2 Å². The second-order valence-corrected chi connectivity index (χ2v) is 8.45. The first-order valence-corrected chi connectivity index (χ1v) is 9.29. The van der Waals surface area contributed by atoms with Gasteiger partial charge in [-0.3, -0.25) is 0 Å². The zero-order chi connectivity index (χ0) is 15.1. The molecular formula is C17H28Cl2O2. The van der Waals surface area contributed by atoms with Gasteiger partial charge >= 0.3 is 0 Å². The second-order valence-electron chi connectivity index (χ2n) is 6.81. The van der Waals surface area contributed by atoms with Gasteiger partial charge in [0.2, 0.25) is 0 Å². The summed E-state index contributed by atoms with van der Waals surface area (Å²) in [5.74, 6) is 1.76. The Morgan fingerprint density at radius 2 is 1.86 bits per heavy atom. The van der Waals surface area contributed by atoms with E-state index in [0.717, 1.165) is 63.3 Å². The number of carbonyl (C=O) groups is 1. The van der Waals surface area contributed by atoms with Crippen LogP contribution in [-0.4, -0.2) is 23.3 Å². The summed E-state index contributed by atoms with van der Waals surface area (Å²) in [4.78, 5) is 10.2. The molecule has 122 valence electrons. The molecule has 0 heterocycles. The number of hydrogen-bond donors (Lipinski definition) is 0. The lowest BCUT2D eigenvalue weighted by atomic mass is 9.98. The fraction of sp³-hybridized carbons (Fsp3) is 0.941. The summed E-state index contributed by atoms with van der Waals surface area (Å²) >= 11 is 12.7. The molecule has 2 nitrogen and oxygen atoms in total. The number of hydrogen-bond acceptors (Lipinski definition) is 2. The number of halogens is 2. The number of rotatable bonds is 11. The van der Waals surface area contributed by atoms with Crippen LogP contribution in [0, 0.1) is 11.8 Å². The van der Waals surface area contributed by atoms with E-state index in [-0.39, 0.29) is 0 Å². The van der Waals surface area contributed by atoms with Gasteiger partial charge in [-0.05, 0) is 63.2 Å². The van der Waals surface area contributed by atoms with Crippen LogP contribution in [-0.2, 0) is 9.53 Å². The van der Waals surface area contributed by atoms with Crippen LogP contribution in [0.25, 0.3) is 0 Å². The Morgan fingerprint density at radius 1 is 1.05 bits per heavy atom. The molecule has 0 aliphatic heterocycles. The quantitative estimate of drug-likeness (QED) is 0.291. The van der Waals surface area contributed by atoms with Crippen LogP contribution in [0.15, 0.2) is 0 Å². The summed E-state index contributed by atoms with van der Waals surface area (Å²) in [6, 6.07) is 0. The van der Waals surface area contributed by atoms with Crippen LogP contribution in [0.3, 0.4) is 0 Å². The van der Waals surface area contributed by atoms with Gasteiger partial charge in [0.15, 0.2) is 0 Å². The fourth-order valence-corrected chi connectivity index (χ4v) is 4.40. The molecule has 3 atom stereocenters. The molecule has 2 fully saturated rings. The number of alkyl halides is 2. The van der Waals surface area contributed by atoms with E-state index in [4.69, 9.17) is 27.9 Å². The smallest absolute Gasteiger partial charge is 0.119 e. The molecule has 0 aromatic rings. The van der Waals surface area contributed by atoms with E-state index in [2.05, 4.69) is 0 Å². The van der Waals surface area contributed by atoms with Crippen molar-refractivity contribution in [2.45, 2.75) is 81.1 Å². The molecule has 2 aliphatic rings. The average molecular weight is 335 g/mol. The molecule has 2 aliphatic carbocycles. The standard InChI is InChI=1S/C17H28Cl2O2/c18-17(19,8-3-1-2-4-10-20)9-5-11-21-16-13-14-6-7-15(16)12-14/h10,14-16H,1-9,11-13H2. The van der Waals surface area contributed by atoms with Crippen molar-refractivity contribution in [3.63, 3.8) is 0 Å². The van der Waals surface area contributed by atoms with Gasteiger partial charge in [0, 0.05) is 13.0 Å². The molecule has 2 rings (SSSR count). The molecule has 0 aromatic heterocycles. The minimum Gasteiger partial charge on any atom is -0.378 e. The van der Waals surface area contributed by atoms with E-state index in [9.17, 15) is 4.79 Å². The highest BCUT2D eigenvalue weighted by atomic mass is 35.5. The van der Waals surface area contributed by atoms with Gasteiger partial charge in [-0.1, -0.05) is 12.8 Å². The van der Waals surface area contributed by atoms with E-state index in [0.29, 0.717) is 12.5 Å². The van der Waals surface area contributed by atoms with Crippen molar-refractivity contribution in [2.75, 3.05) is 6.61 Å². The van der Waals surface area contributed by atoms with Gasteiger partial charge in [-0.25, -0.2) is 0 Å². The third-order valence-corrected chi connectivity index (χ3v) is 5.81. The first-order valence-electron chi connectivity index (χ1n) is 8.54. The van der Waals surface area contributed by atoms with Gasteiger partial charge in [0.05, 0.1) is 6.10 Å². The van der Waals surface area contributed by atoms with E-state index < -0.39 is 4.33 Å². The summed E-state index contributed by atoms with van der Waals surface area (Å²) in [5.41, 5.74) is 0. The minimum atomic E-state index is -0.626. The lowest BCUT2D eigenvalue weighted by Gasteiger charge is -2.23. The van der Waals surface area contributed by atoms with Crippen molar-refractivity contribution < 1.29 is 9.53 Å². The predicted molar refractivity (Wildman–Crippen MR) is 88.0 cm³/mol. The van der Waals surface area contributed by atoms with Gasteiger partial charge in [-0.15, -0.1) is 23.2 Å². The van der Waals surface area contributed by atoms with Crippen LogP contribution in [0.1, 0.15) is 70.6 Å². The fourth-order valence-electron chi connectivity index (χ4n) is 3.87. The van der Waals surface area contributed by atoms with Crippen LogP contribution < -0.4 is 0 Å². The number of ether oxygens (including phenoxy) is 1. The Hall–Kier alpha value is 0.210.